The lowest BCUT2D eigenvalue weighted by Gasteiger charge is -2.20. The minimum Gasteiger partial charge on any atom is -0.340 e. The molecular weight excluding hydrogens is 348 g/mol. The lowest BCUT2D eigenvalue weighted by molar-refractivity contribution is 0.527. The summed E-state index contributed by atoms with van der Waals surface area (Å²) in [5.41, 5.74) is 3.96. The zero-order valence-corrected chi connectivity index (χ0v) is 17.1. The molecule has 142 valence electrons. The zero-order valence-electron chi connectivity index (χ0n) is 16.2. The van der Waals surface area contributed by atoms with Gasteiger partial charge in [-0.05, 0) is 35.1 Å². The van der Waals surface area contributed by atoms with Crippen LogP contribution in [0.5, 0.6) is 0 Å². The van der Waals surface area contributed by atoms with Crippen LogP contribution in [-0.4, -0.2) is 31.8 Å². The Balaban J connectivity index is 2.30. The molecule has 2 rings (SSSR count). The first-order valence-electron chi connectivity index (χ1n) is 8.68. The molecule has 26 heavy (non-hydrogen) atoms. The fourth-order valence-electron chi connectivity index (χ4n) is 2.59. The highest BCUT2D eigenvalue weighted by Crippen LogP contribution is 2.34. The Labute approximate surface area is 156 Å². The SMILES string of the molecule is CC(C)c1cccc(C(C)C)c1Nc1ccc(NS(=O)(=O)N(C)C)cn1. The molecule has 0 atom stereocenters. The number of anilines is 3. The first-order valence-corrected chi connectivity index (χ1v) is 10.1. The van der Waals surface area contributed by atoms with Gasteiger partial charge in [0.05, 0.1) is 11.9 Å². The number of para-hydroxylation sites is 1. The molecule has 0 radical (unpaired) electrons. The average molecular weight is 377 g/mol. The predicted octanol–water partition coefficient (Wildman–Crippen LogP) is 4.29. The standard InChI is InChI=1S/C19H28N4O2S/c1-13(2)16-8-7-9-17(14(3)4)19(16)21-18-11-10-15(12-20-18)22-26(24,25)23(5)6/h7-14,22H,1-6H3,(H,20,21). The molecule has 1 heterocycles. The van der Waals surface area contributed by atoms with E-state index >= 15 is 0 Å². The fourth-order valence-corrected chi connectivity index (χ4v) is 3.19. The van der Waals surface area contributed by atoms with Crippen molar-refractivity contribution in [3.8, 4) is 0 Å². The summed E-state index contributed by atoms with van der Waals surface area (Å²) in [6, 6.07) is 9.80. The predicted molar refractivity (Wildman–Crippen MR) is 108 cm³/mol. The van der Waals surface area contributed by atoms with Crippen molar-refractivity contribution in [1.82, 2.24) is 9.29 Å². The Morgan fingerprint density at radius 1 is 0.962 bits per heavy atom. The number of benzene rings is 1. The molecule has 0 aliphatic rings. The first kappa shape index (κ1) is 20.2. The maximum absolute atomic E-state index is 11.9. The average Bonchev–Trinajstić information content (AvgIpc) is 2.56. The molecule has 7 heteroatoms. The summed E-state index contributed by atoms with van der Waals surface area (Å²) in [6.45, 7) is 8.66. The topological polar surface area (TPSA) is 74.3 Å². The van der Waals surface area contributed by atoms with Crippen LogP contribution in [0.3, 0.4) is 0 Å². The van der Waals surface area contributed by atoms with Crippen molar-refractivity contribution in [3.63, 3.8) is 0 Å². The molecule has 0 amide bonds. The summed E-state index contributed by atoms with van der Waals surface area (Å²) in [7, 11) is -0.588. The lowest BCUT2D eigenvalue weighted by atomic mass is 9.92. The monoisotopic (exact) mass is 376 g/mol. The molecule has 1 aromatic carbocycles. The number of rotatable bonds is 7. The van der Waals surface area contributed by atoms with Crippen LogP contribution < -0.4 is 10.0 Å². The van der Waals surface area contributed by atoms with Crippen molar-refractivity contribution in [2.45, 2.75) is 39.5 Å². The number of pyridine rings is 1. The van der Waals surface area contributed by atoms with Gasteiger partial charge in [0.1, 0.15) is 5.82 Å². The third-order valence-electron chi connectivity index (χ3n) is 4.12. The second-order valence-corrected chi connectivity index (χ2v) is 8.95. The highest BCUT2D eigenvalue weighted by atomic mass is 32.2. The molecule has 0 saturated carbocycles. The third kappa shape index (κ3) is 4.74. The van der Waals surface area contributed by atoms with Crippen LogP contribution in [0.4, 0.5) is 17.2 Å². The largest absolute Gasteiger partial charge is 0.340 e. The van der Waals surface area contributed by atoms with Gasteiger partial charge in [-0.25, -0.2) is 4.98 Å². The molecule has 0 unspecified atom stereocenters. The van der Waals surface area contributed by atoms with Gasteiger partial charge in [0.25, 0.3) is 0 Å². The van der Waals surface area contributed by atoms with E-state index in [9.17, 15) is 8.42 Å². The Morgan fingerprint density at radius 2 is 1.54 bits per heavy atom. The van der Waals surface area contributed by atoms with Crippen molar-refractivity contribution in [2.75, 3.05) is 24.1 Å². The zero-order chi connectivity index (χ0) is 19.5. The van der Waals surface area contributed by atoms with E-state index in [0.717, 1.165) is 9.99 Å². The van der Waals surface area contributed by atoms with E-state index < -0.39 is 10.2 Å². The maximum Gasteiger partial charge on any atom is 0.301 e. The minimum atomic E-state index is -3.54. The number of aromatic nitrogens is 1. The highest BCUT2D eigenvalue weighted by molar-refractivity contribution is 7.90. The van der Waals surface area contributed by atoms with E-state index in [4.69, 9.17) is 0 Å². The van der Waals surface area contributed by atoms with Crippen molar-refractivity contribution in [2.24, 2.45) is 0 Å². The molecule has 2 N–H and O–H groups in total. The van der Waals surface area contributed by atoms with Crippen LogP contribution >= 0.6 is 0 Å². The number of hydrogen-bond acceptors (Lipinski definition) is 4. The molecule has 2 aromatic rings. The molecule has 0 aliphatic carbocycles. The Bertz CT molecular complexity index is 818. The van der Waals surface area contributed by atoms with Crippen LogP contribution in [0.2, 0.25) is 0 Å². The molecular formula is C19H28N4O2S. The van der Waals surface area contributed by atoms with Gasteiger partial charge in [-0.2, -0.15) is 12.7 Å². The van der Waals surface area contributed by atoms with E-state index in [1.165, 1.54) is 31.4 Å². The van der Waals surface area contributed by atoms with Crippen LogP contribution in [0.15, 0.2) is 36.5 Å². The molecule has 0 saturated heterocycles. The summed E-state index contributed by atoms with van der Waals surface area (Å²) in [5.74, 6) is 1.43. The van der Waals surface area contributed by atoms with E-state index in [1.807, 2.05) is 0 Å². The van der Waals surface area contributed by atoms with Crippen molar-refractivity contribution < 1.29 is 8.42 Å². The normalized spacial score (nSPS) is 12.0. The van der Waals surface area contributed by atoms with Crippen LogP contribution in [0.1, 0.15) is 50.7 Å². The first-order chi connectivity index (χ1) is 12.1. The highest BCUT2D eigenvalue weighted by Gasteiger charge is 2.15. The van der Waals surface area contributed by atoms with Crippen LogP contribution in [-0.2, 0) is 10.2 Å². The van der Waals surface area contributed by atoms with Crippen LogP contribution in [0, 0.1) is 0 Å². The third-order valence-corrected chi connectivity index (χ3v) is 5.57. The quantitative estimate of drug-likeness (QED) is 0.756. The second kappa shape index (κ2) is 8.05. The van der Waals surface area contributed by atoms with E-state index in [2.05, 4.69) is 60.9 Å². The summed E-state index contributed by atoms with van der Waals surface area (Å²) in [6.07, 6.45) is 1.51. The van der Waals surface area contributed by atoms with Gasteiger partial charge < -0.3 is 5.32 Å². The molecule has 0 aliphatic heterocycles. The second-order valence-electron chi connectivity index (χ2n) is 7.07. The van der Waals surface area contributed by atoms with Gasteiger partial charge in [-0.3, -0.25) is 4.72 Å². The van der Waals surface area contributed by atoms with Gasteiger partial charge in [0.2, 0.25) is 0 Å². The molecule has 0 bridgehead atoms. The smallest absolute Gasteiger partial charge is 0.301 e. The molecule has 6 nitrogen and oxygen atoms in total. The van der Waals surface area contributed by atoms with Gasteiger partial charge in [0, 0.05) is 19.8 Å². The number of hydrogen-bond donors (Lipinski definition) is 2. The Hall–Kier alpha value is -2.12. The van der Waals surface area contributed by atoms with Crippen molar-refractivity contribution in [3.05, 3.63) is 47.7 Å². The molecule has 1 aromatic heterocycles. The van der Waals surface area contributed by atoms with Crippen molar-refractivity contribution in [1.29, 1.82) is 0 Å². The number of nitrogens with zero attached hydrogens (tertiary/aromatic N) is 2. The summed E-state index contributed by atoms with van der Waals surface area (Å²) >= 11 is 0. The van der Waals surface area contributed by atoms with Gasteiger partial charge in [0.15, 0.2) is 0 Å². The van der Waals surface area contributed by atoms with Crippen molar-refractivity contribution >= 4 is 27.4 Å². The molecule has 0 spiro atoms. The maximum atomic E-state index is 11.9. The summed E-state index contributed by atoms with van der Waals surface area (Å²) in [4.78, 5) is 4.36. The summed E-state index contributed by atoms with van der Waals surface area (Å²) in [5, 5.41) is 3.42. The van der Waals surface area contributed by atoms with Gasteiger partial charge in [-0.15, -0.1) is 0 Å². The Morgan fingerprint density at radius 3 is 1.96 bits per heavy atom. The fraction of sp³-hybridized carbons (Fsp3) is 0.421. The van der Waals surface area contributed by atoms with Gasteiger partial charge in [-0.1, -0.05) is 45.9 Å². The van der Waals surface area contributed by atoms with E-state index in [0.29, 0.717) is 23.3 Å². The van der Waals surface area contributed by atoms with Crippen LogP contribution in [0.25, 0.3) is 0 Å². The Kier molecular flexibility index (Phi) is 6.26. The summed E-state index contributed by atoms with van der Waals surface area (Å²) < 4.78 is 27.4. The molecule has 0 fully saturated rings. The lowest BCUT2D eigenvalue weighted by Crippen LogP contribution is -2.28. The number of nitrogens with one attached hydrogen (secondary N) is 2. The van der Waals surface area contributed by atoms with E-state index in [1.54, 1.807) is 12.1 Å². The van der Waals surface area contributed by atoms with E-state index in [-0.39, 0.29) is 0 Å². The minimum absolute atomic E-state index is 0.377. The van der Waals surface area contributed by atoms with Gasteiger partial charge >= 0.3 is 10.2 Å².